The van der Waals surface area contributed by atoms with Gasteiger partial charge >= 0.3 is 0 Å². The van der Waals surface area contributed by atoms with Gasteiger partial charge in [0.15, 0.2) is 5.69 Å². The molecule has 1 amide bonds. The molecule has 4 rings (SSSR count). The largest absolute Gasteiger partial charge is 0.477 e. The third-order valence-corrected chi connectivity index (χ3v) is 5.88. The van der Waals surface area contributed by atoms with Gasteiger partial charge in [-0.15, -0.1) is 0 Å². The van der Waals surface area contributed by atoms with Crippen LogP contribution in [-0.4, -0.2) is 50.1 Å². The summed E-state index contributed by atoms with van der Waals surface area (Å²) in [6, 6.07) is 0. The third kappa shape index (κ3) is 2.76. The number of hydrogen-bond donors (Lipinski definition) is 0. The Morgan fingerprint density at radius 1 is 1.44 bits per heavy atom. The SMILES string of the molecule is Cn1cc(C2CN(C(=O)c3nn4c(c3Br)OCCC4)CC2(C)C)cn1. The van der Waals surface area contributed by atoms with Crippen LogP contribution in [0.25, 0.3) is 0 Å². The molecule has 0 bridgehead atoms. The highest BCUT2D eigenvalue weighted by Gasteiger charge is 2.43. The number of amides is 1. The van der Waals surface area contributed by atoms with Crippen LogP contribution in [0.3, 0.4) is 0 Å². The maximum atomic E-state index is 13.1. The van der Waals surface area contributed by atoms with Crippen molar-refractivity contribution in [2.45, 2.75) is 32.7 Å². The maximum Gasteiger partial charge on any atom is 0.275 e. The van der Waals surface area contributed by atoms with Gasteiger partial charge in [-0.2, -0.15) is 10.2 Å². The molecule has 4 heterocycles. The zero-order chi connectivity index (χ0) is 17.8. The highest BCUT2D eigenvalue weighted by atomic mass is 79.9. The highest BCUT2D eigenvalue weighted by Crippen LogP contribution is 2.43. The number of carbonyl (C=O) groups excluding carboxylic acids is 1. The molecule has 2 aliphatic rings. The van der Waals surface area contributed by atoms with Crippen molar-refractivity contribution in [1.82, 2.24) is 24.5 Å². The first-order valence-electron chi connectivity index (χ1n) is 8.54. The number of fused-ring (bicyclic) bond motifs is 1. The molecule has 2 aromatic heterocycles. The van der Waals surface area contributed by atoms with E-state index in [2.05, 4.69) is 40.0 Å². The molecule has 1 unspecified atom stereocenters. The molecule has 25 heavy (non-hydrogen) atoms. The van der Waals surface area contributed by atoms with Crippen LogP contribution in [0.15, 0.2) is 16.9 Å². The van der Waals surface area contributed by atoms with E-state index in [1.54, 1.807) is 4.68 Å². The van der Waals surface area contributed by atoms with Crippen molar-refractivity contribution in [2.75, 3.05) is 19.7 Å². The number of hydrogen-bond acceptors (Lipinski definition) is 4. The number of ether oxygens (including phenoxy) is 1. The first-order valence-corrected chi connectivity index (χ1v) is 9.33. The van der Waals surface area contributed by atoms with Crippen molar-refractivity contribution in [3.63, 3.8) is 0 Å². The topological polar surface area (TPSA) is 65.2 Å². The minimum atomic E-state index is -0.0446. The summed E-state index contributed by atoms with van der Waals surface area (Å²) >= 11 is 3.51. The number of carbonyl (C=O) groups is 1. The van der Waals surface area contributed by atoms with Crippen molar-refractivity contribution < 1.29 is 9.53 Å². The van der Waals surface area contributed by atoms with Crippen LogP contribution in [0.5, 0.6) is 5.88 Å². The Morgan fingerprint density at radius 2 is 2.24 bits per heavy atom. The summed E-state index contributed by atoms with van der Waals surface area (Å²) in [4.78, 5) is 15.0. The number of nitrogens with zero attached hydrogens (tertiary/aromatic N) is 5. The standard InChI is InChI=1S/C17H22BrN5O2/c1-17(2)10-22(9-12(17)11-7-19-21(3)8-11)15(24)14-13(18)16-23(20-14)5-4-6-25-16/h7-8,12H,4-6,9-10H2,1-3H3. The van der Waals surface area contributed by atoms with Crippen molar-refractivity contribution >= 4 is 21.8 Å². The Hall–Kier alpha value is -1.83. The molecule has 1 atom stereocenters. The average molecular weight is 408 g/mol. The summed E-state index contributed by atoms with van der Waals surface area (Å²) in [5.41, 5.74) is 1.61. The van der Waals surface area contributed by atoms with Gasteiger partial charge in [-0.05, 0) is 26.9 Å². The van der Waals surface area contributed by atoms with Gasteiger partial charge in [-0.25, -0.2) is 4.68 Å². The van der Waals surface area contributed by atoms with Crippen LogP contribution < -0.4 is 4.74 Å². The predicted octanol–water partition coefficient (Wildman–Crippen LogP) is 2.43. The van der Waals surface area contributed by atoms with E-state index in [-0.39, 0.29) is 17.2 Å². The Kier molecular flexibility index (Phi) is 3.90. The monoisotopic (exact) mass is 407 g/mol. The summed E-state index contributed by atoms with van der Waals surface area (Å²) in [6.45, 7) is 7.22. The molecular formula is C17H22BrN5O2. The van der Waals surface area contributed by atoms with Gasteiger partial charge in [0.05, 0.1) is 12.8 Å². The van der Waals surface area contributed by atoms with Crippen LogP contribution in [0.4, 0.5) is 0 Å². The summed E-state index contributed by atoms with van der Waals surface area (Å²) in [5, 5.41) is 8.77. The fourth-order valence-corrected chi connectivity index (χ4v) is 4.42. The summed E-state index contributed by atoms with van der Waals surface area (Å²) < 4.78 is 9.91. The zero-order valence-electron chi connectivity index (χ0n) is 14.7. The van der Waals surface area contributed by atoms with E-state index in [9.17, 15) is 4.79 Å². The number of aromatic nitrogens is 4. The van der Waals surface area contributed by atoms with Crippen LogP contribution in [0.1, 0.15) is 42.2 Å². The second-order valence-electron chi connectivity index (χ2n) is 7.57. The molecule has 1 fully saturated rings. The minimum absolute atomic E-state index is 0.0129. The lowest BCUT2D eigenvalue weighted by molar-refractivity contribution is 0.0770. The predicted molar refractivity (Wildman–Crippen MR) is 95.7 cm³/mol. The lowest BCUT2D eigenvalue weighted by Gasteiger charge is -2.24. The van der Waals surface area contributed by atoms with Crippen LogP contribution in [0, 0.1) is 5.41 Å². The first-order chi connectivity index (χ1) is 11.9. The Balaban J connectivity index is 1.60. The lowest BCUT2D eigenvalue weighted by atomic mass is 9.79. The average Bonchev–Trinajstić information content (AvgIpc) is 3.23. The molecule has 2 aliphatic heterocycles. The molecule has 0 aromatic carbocycles. The molecule has 0 N–H and O–H groups in total. The minimum Gasteiger partial charge on any atom is -0.477 e. The van der Waals surface area contributed by atoms with Crippen molar-refractivity contribution in [1.29, 1.82) is 0 Å². The fourth-order valence-electron chi connectivity index (χ4n) is 3.85. The van der Waals surface area contributed by atoms with E-state index in [0.29, 0.717) is 35.7 Å². The number of rotatable bonds is 2. The first kappa shape index (κ1) is 16.6. The zero-order valence-corrected chi connectivity index (χ0v) is 16.3. The molecule has 2 aromatic rings. The van der Waals surface area contributed by atoms with E-state index in [4.69, 9.17) is 4.74 Å². The molecule has 0 saturated carbocycles. The van der Waals surface area contributed by atoms with E-state index in [1.165, 1.54) is 5.56 Å². The second-order valence-corrected chi connectivity index (χ2v) is 8.36. The Morgan fingerprint density at radius 3 is 2.92 bits per heavy atom. The normalized spacial score (nSPS) is 21.9. The molecule has 7 nitrogen and oxygen atoms in total. The second kappa shape index (κ2) is 5.86. The summed E-state index contributed by atoms with van der Waals surface area (Å²) in [6.07, 6.45) is 4.85. The van der Waals surface area contributed by atoms with E-state index >= 15 is 0 Å². The van der Waals surface area contributed by atoms with Gasteiger partial charge in [-0.3, -0.25) is 9.48 Å². The number of likely N-dealkylation sites (tertiary alicyclic amines) is 1. The van der Waals surface area contributed by atoms with E-state index in [0.717, 1.165) is 13.0 Å². The number of halogens is 1. The lowest BCUT2D eigenvalue weighted by Crippen LogP contribution is -2.30. The quantitative estimate of drug-likeness (QED) is 0.766. The molecule has 0 spiro atoms. The fraction of sp³-hybridized carbons (Fsp3) is 0.588. The molecule has 8 heteroatoms. The van der Waals surface area contributed by atoms with E-state index in [1.807, 2.05) is 29.0 Å². The third-order valence-electron chi connectivity index (χ3n) is 5.17. The summed E-state index contributed by atoms with van der Waals surface area (Å²) in [5.74, 6) is 0.881. The van der Waals surface area contributed by atoms with Crippen molar-refractivity contribution in [2.24, 2.45) is 12.5 Å². The molecule has 0 radical (unpaired) electrons. The van der Waals surface area contributed by atoms with E-state index < -0.39 is 0 Å². The highest BCUT2D eigenvalue weighted by molar-refractivity contribution is 9.10. The molecular weight excluding hydrogens is 386 g/mol. The van der Waals surface area contributed by atoms with Crippen molar-refractivity contribution in [3.05, 3.63) is 28.1 Å². The van der Waals surface area contributed by atoms with Crippen LogP contribution in [-0.2, 0) is 13.6 Å². The Bertz CT molecular complexity index is 825. The smallest absolute Gasteiger partial charge is 0.275 e. The van der Waals surface area contributed by atoms with Gasteiger partial charge in [-0.1, -0.05) is 13.8 Å². The summed E-state index contributed by atoms with van der Waals surface area (Å²) in [7, 11) is 1.92. The van der Waals surface area contributed by atoms with Crippen LogP contribution >= 0.6 is 15.9 Å². The van der Waals surface area contributed by atoms with Gasteiger partial charge in [0.25, 0.3) is 5.91 Å². The number of aryl methyl sites for hydroxylation is 2. The van der Waals surface area contributed by atoms with Gasteiger partial charge < -0.3 is 9.64 Å². The molecule has 134 valence electrons. The van der Waals surface area contributed by atoms with Crippen LogP contribution in [0.2, 0.25) is 0 Å². The van der Waals surface area contributed by atoms with Gasteiger partial charge in [0.2, 0.25) is 5.88 Å². The van der Waals surface area contributed by atoms with Gasteiger partial charge in [0, 0.05) is 45.2 Å². The maximum absolute atomic E-state index is 13.1. The van der Waals surface area contributed by atoms with Gasteiger partial charge in [0.1, 0.15) is 4.47 Å². The van der Waals surface area contributed by atoms with Crippen molar-refractivity contribution in [3.8, 4) is 5.88 Å². The Labute approximate surface area is 155 Å². The molecule has 0 aliphatic carbocycles. The molecule has 1 saturated heterocycles.